The molecule has 1 aliphatic heterocycles. The topological polar surface area (TPSA) is 49.9 Å². The fourth-order valence-electron chi connectivity index (χ4n) is 3.38. The van der Waals surface area contributed by atoms with E-state index in [4.69, 9.17) is 4.74 Å². The second-order valence-electron chi connectivity index (χ2n) is 7.23. The Morgan fingerprint density at radius 2 is 2.04 bits per heavy atom. The molecule has 2 aromatic rings. The molecule has 26 heavy (non-hydrogen) atoms. The van der Waals surface area contributed by atoms with Gasteiger partial charge in [-0.3, -0.25) is 9.59 Å². The summed E-state index contributed by atoms with van der Waals surface area (Å²) in [4.78, 5) is 29.4. The maximum absolute atomic E-state index is 12.7. The molecule has 0 saturated carbocycles. The van der Waals surface area contributed by atoms with Gasteiger partial charge in [0.15, 0.2) is 0 Å². The molecule has 2 heterocycles. The maximum Gasteiger partial charge on any atom is 0.263 e. The fraction of sp³-hybridized carbons (Fsp3) is 0.500. The first kappa shape index (κ1) is 18.9. The van der Waals surface area contributed by atoms with Gasteiger partial charge in [-0.15, -0.1) is 11.3 Å². The summed E-state index contributed by atoms with van der Waals surface area (Å²) in [7, 11) is 3.56. The summed E-state index contributed by atoms with van der Waals surface area (Å²) in [6.45, 7) is 5.34. The van der Waals surface area contributed by atoms with Gasteiger partial charge in [-0.05, 0) is 37.3 Å². The number of thiophene rings is 1. The second kappa shape index (κ2) is 7.76. The Morgan fingerprint density at radius 3 is 2.73 bits per heavy atom. The third-order valence-electron chi connectivity index (χ3n) is 4.72. The molecular formula is C20H26N2O3S. The van der Waals surface area contributed by atoms with Crippen molar-refractivity contribution in [2.75, 3.05) is 33.8 Å². The van der Waals surface area contributed by atoms with Crippen LogP contribution in [0.25, 0.3) is 10.1 Å². The minimum atomic E-state index is 0.0289. The molecule has 6 heteroatoms. The highest BCUT2D eigenvalue weighted by atomic mass is 32.1. The number of carbonyl (C=O) groups excluding carboxylic acids is 2. The molecule has 1 aliphatic rings. The van der Waals surface area contributed by atoms with Crippen molar-refractivity contribution < 1.29 is 14.3 Å². The molecule has 140 valence electrons. The van der Waals surface area contributed by atoms with Gasteiger partial charge in [0.25, 0.3) is 5.91 Å². The van der Waals surface area contributed by atoms with Gasteiger partial charge in [-0.25, -0.2) is 0 Å². The third-order valence-corrected chi connectivity index (χ3v) is 5.90. The Labute approximate surface area is 158 Å². The van der Waals surface area contributed by atoms with E-state index in [0.29, 0.717) is 13.1 Å². The molecule has 0 radical (unpaired) electrons. The van der Waals surface area contributed by atoms with E-state index in [1.165, 1.54) is 0 Å². The van der Waals surface area contributed by atoms with Crippen LogP contribution in [0.3, 0.4) is 0 Å². The average Bonchev–Trinajstić information content (AvgIpc) is 3.22. The molecule has 1 aromatic heterocycles. The van der Waals surface area contributed by atoms with Crippen LogP contribution in [0.5, 0.6) is 0 Å². The molecule has 1 fully saturated rings. The number of ether oxygens (including phenoxy) is 1. The summed E-state index contributed by atoms with van der Waals surface area (Å²) in [5, 5.41) is 1.14. The lowest BCUT2D eigenvalue weighted by Crippen LogP contribution is -2.32. The van der Waals surface area contributed by atoms with Gasteiger partial charge >= 0.3 is 0 Å². The zero-order valence-corrected chi connectivity index (χ0v) is 16.6. The Bertz CT molecular complexity index is 812. The lowest BCUT2D eigenvalue weighted by molar-refractivity contribution is -0.136. The molecule has 1 saturated heterocycles. The summed E-state index contributed by atoms with van der Waals surface area (Å²) in [5.41, 5.74) is 1.10. The van der Waals surface area contributed by atoms with Crippen molar-refractivity contribution in [1.82, 2.24) is 9.80 Å². The van der Waals surface area contributed by atoms with E-state index in [9.17, 15) is 9.59 Å². The number of fused-ring (bicyclic) bond motifs is 1. The number of rotatable bonds is 5. The van der Waals surface area contributed by atoms with Crippen molar-refractivity contribution in [3.8, 4) is 0 Å². The van der Waals surface area contributed by atoms with E-state index in [-0.39, 0.29) is 30.4 Å². The van der Waals surface area contributed by atoms with Crippen molar-refractivity contribution in [1.29, 1.82) is 0 Å². The van der Waals surface area contributed by atoms with Crippen LogP contribution in [-0.4, -0.2) is 61.5 Å². The fourth-order valence-corrected chi connectivity index (χ4v) is 4.70. The van der Waals surface area contributed by atoms with Crippen LogP contribution in [0.2, 0.25) is 0 Å². The van der Waals surface area contributed by atoms with Crippen LogP contribution >= 0.6 is 11.3 Å². The predicted molar refractivity (Wildman–Crippen MR) is 105 cm³/mol. The highest BCUT2D eigenvalue weighted by Gasteiger charge is 2.32. The van der Waals surface area contributed by atoms with Crippen molar-refractivity contribution in [3.63, 3.8) is 0 Å². The number of carbonyl (C=O) groups is 2. The molecule has 1 aromatic carbocycles. The van der Waals surface area contributed by atoms with E-state index in [0.717, 1.165) is 26.9 Å². The Morgan fingerprint density at radius 1 is 1.31 bits per heavy atom. The average molecular weight is 375 g/mol. The van der Waals surface area contributed by atoms with Crippen LogP contribution < -0.4 is 0 Å². The summed E-state index contributed by atoms with van der Waals surface area (Å²) in [5.74, 6) is 0.253. The molecule has 0 spiro atoms. The van der Waals surface area contributed by atoms with Crippen molar-refractivity contribution >= 4 is 33.2 Å². The van der Waals surface area contributed by atoms with Gasteiger partial charge in [-0.1, -0.05) is 18.2 Å². The highest BCUT2D eigenvalue weighted by molar-refractivity contribution is 7.21. The lowest BCUT2D eigenvalue weighted by Gasteiger charge is -2.18. The minimum Gasteiger partial charge on any atom is -0.369 e. The molecular weight excluding hydrogens is 348 g/mol. The molecule has 1 unspecified atom stereocenters. The number of benzene rings is 1. The molecule has 0 aliphatic carbocycles. The molecule has 2 amide bonds. The monoisotopic (exact) mass is 374 g/mol. The Kier molecular flexibility index (Phi) is 5.63. The first-order chi connectivity index (χ1) is 12.4. The van der Waals surface area contributed by atoms with Crippen LogP contribution in [-0.2, 0) is 9.53 Å². The predicted octanol–water partition coefficient (Wildman–Crippen LogP) is 3.34. The lowest BCUT2D eigenvalue weighted by atomic mass is 9.95. The van der Waals surface area contributed by atoms with E-state index in [1.807, 2.05) is 30.9 Å². The summed E-state index contributed by atoms with van der Waals surface area (Å²) < 4.78 is 6.58. The van der Waals surface area contributed by atoms with Gasteiger partial charge in [0.2, 0.25) is 5.91 Å². The number of hydrogen-bond acceptors (Lipinski definition) is 4. The van der Waals surface area contributed by atoms with Crippen LogP contribution in [0.15, 0.2) is 24.3 Å². The first-order valence-corrected chi connectivity index (χ1v) is 9.82. The van der Waals surface area contributed by atoms with E-state index in [1.54, 1.807) is 30.3 Å². The van der Waals surface area contributed by atoms with E-state index >= 15 is 0 Å². The molecule has 1 atom stereocenters. The van der Waals surface area contributed by atoms with Crippen LogP contribution in [0.4, 0.5) is 0 Å². The summed E-state index contributed by atoms with van der Waals surface area (Å²) in [6, 6.07) is 8.15. The summed E-state index contributed by atoms with van der Waals surface area (Å²) >= 11 is 1.55. The zero-order chi connectivity index (χ0) is 18.8. The SMILES string of the molecule is CC(C)OCC(=O)N1CCC(c2c(C(=O)N(C)C)sc3ccccc23)C1. The molecule has 3 rings (SSSR count). The summed E-state index contributed by atoms with van der Waals surface area (Å²) in [6.07, 6.45) is 0.921. The maximum atomic E-state index is 12.7. The number of likely N-dealkylation sites (tertiary alicyclic amines) is 1. The molecule has 5 nitrogen and oxygen atoms in total. The minimum absolute atomic E-state index is 0.0289. The van der Waals surface area contributed by atoms with Crippen molar-refractivity contribution in [2.45, 2.75) is 32.3 Å². The zero-order valence-electron chi connectivity index (χ0n) is 15.8. The quantitative estimate of drug-likeness (QED) is 0.806. The van der Waals surface area contributed by atoms with Crippen LogP contribution in [0.1, 0.15) is 41.4 Å². The second-order valence-corrected chi connectivity index (χ2v) is 8.28. The normalized spacial score (nSPS) is 17.3. The molecule has 0 bridgehead atoms. The highest BCUT2D eigenvalue weighted by Crippen LogP contribution is 2.40. The van der Waals surface area contributed by atoms with Gasteiger partial charge < -0.3 is 14.5 Å². The van der Waals surface area contributed by atoms with Crippen LogP contribution in [0, 0.1) is 0 Å². The largest absolute Gasteiger partial charge is 0.369 e. The van der Waals surface area contributed by atoms with Crippen molar-refractivity contribution in [2.24, 2.45) is 0 Å². The van der Waals surface area contributed by atoms with Gasteiger partial charge in [0, 0.05) is 37.8 Å². The van der Waals surface area contributed by atoms with Crippen molar-refractivity contribution in [3.05, 3.63) is 34.7 Å². The number of hydrogen-bond donors (Lipinski definition) is 0. The van der Waals surface area contributed by atoms with E-state index < -0.39 is 0 Å². The molecule has 0 N–H and O–H groups in total. The smallest absolute Gasteiger partial charge is 0.263 e. The Balaban J connectivity index is 1.87. The number of nitrogens with zero attached hydrogens (tertiary/aromatic N) is 2. The van der Waals surface area contributed by atoms with Gasteiger partial charge in [0.05, 0.1) is 11.0 Å². The standard InChI is InChI=1S/C20H26N2O3S/c1-13(2)25-12-17(23)22-10-9-14(11-22)18-15-7-5-6-8-16(15)26-19(18)20(24)21(3)4/h5-8,13-14H,9-12H2,1-4H3. The van der Waals surface area contributed by atoms with Gasteiger partial charge in [0.1, 0.15) is 6.61 Å². The number of amides is 2. The Hall–Kier alpha value is -1.92. The third kappa shape index (κ3) is 3.76. The first-order valence-electron chi connectivity index (χ1n) is 9.01. The van der Waals surface area contributed by atoms with Gasteiger partial charge in [-0.2, -0.15) is 0 Å². The van der Waals surface area contributed by atoms with E-state index in [2.05, 4.69) is 12.1 Å².